The average molecular weight is 403 g/mol. The number of hydrogen-bond donors (Lipinski definition) is 0. The average Bonchev–Trinajstić information content (AvgIpc) is 3.21. The van der Waals surface area contributed by atoms with Crippen molar-refractivity contribution in [3.8, 4) is 0 Å². The first-order valence-electron chi connectivity index (χ1n) is 7.83. The molecule has 0 radical (unpaired) electrons. The summed E-state index contributed by atoms with van der Waals surface area (Å²) in [5.41, 5.74) is 1.53. The van der Waals surface area contributed by atoms with Gasteiger partial charge >= 0.3 is 5.97 Å². The fourth-order valence-electron chi connectivity index (χ4n) is 2.16. The quantitative estimate of drug-likeness (QED) is 0.287. The van der Waals surface area contributed by atoms with Crippen molar-refractivity contribution in [3.63, 3.8) is 0 Å². The van der Waals surface area contributed by atoms with Gasteiger partial charge in [0, 0.05) is 15.7 Å². The van der Waals surface area contributed by atoms with Crippen LogP contribution >= 0.6 is 34.7 Å². The number of halogens is 1. The normalized spacial score (nSPS) is 10.5. The molecule has 0 saturated carbocycles. The Hall–Kier alpha value is -2.08. The van der Waals surface area contributed by atoms with Gasteiger partial charge in [0.05, 0.1) is 10.4 Å². The van der Waals surface area contributed by atoms with Crippen LogP contribution in [0, 0.1) is 0 Å². The van der Waals surface area contributed by atoms with Gasteiger partial charge in [-0.2, -0.15) is 0 Å². The Labute approximate surface area is 165 Å². The molecule has 2 aromatic carbocycles. The Bertz CT molecular complexity index is 872. The van der Waals surface area contributed by atoms with Crippen molar-refractivity contribution in [3.05, 3.63) is 87.1 Å². The van der Waals surface area contributed by atoms with E-state index in [2.05, 4.69) is 0 Å². The van der Waals surface area contributed by atoms with Crippen molar-refractivity contribution in [2.75, 3.05) is 6.61 Å². The van der Waals surface area contributed by atoms with E-state index in [1.807, 2.05) is 41.8 Å². The molecule has 0 aliphatic heterocycles. The number of esters is 1. The maximum absolute atomic E-state index is 12.1. The van der Waals surface area contributed by atoms with Gasteiger partial charge in [-0.05, 0) is 53.4 Å². The standard InChI is InChI=1S/C20H15ClO3S2/c21-16-7-9-17(10-8-16)26-13-14-3-5-15(6-4-14)20(23)24-12-18(22)19-2-1-11-25-19/h1-11H,12-13H2. The number of thiophene rings is 1. The zero-order valence-corrected chi connectivity index (χ0v) is 16.1. The summed E-state index contributed by atoms with van der Waals surface area (Å²) in [6.45, 7) is -0.243. The fourth-order valence-corrected chi connectivity index (χ4v) is 3.79. The molecule has 3 rings (SSSR count). The molecule has 0 spiro atoms. The lowest BCUT2D eigenvalue weighted by molar-refractivity contribution is 0.0476. The Balaban J connectivity index is 1.50. The van der Waals surface area contributed by atoms with Gasteiger partial charge in [0.15, 0.2) is 6.61 Å². The zero-order chi connectivity index (χ0) is 18.4. The van der Waals surface area contributed by atoms with Crippen LogP contribution in [0.15, 0.2) is 70.9 Å². The molecule has 0 saturated heterocycles. The minimum absolute atomic E-state index is 0.190. The minimum Gasteiger partial charge on any atom is -0.454 e. The molecule has 0 aliphatic carbocycles. The number of hydrogen-bond acceptors (Lipinski definition) is 5. The fraction of sp³-hybridized carbons (Fsp3) is 0.100. The number of carbonyl (C=O) groups excluding carboxylic acids is 2. The highest BCUT2D eigenvalue weighted by Gasteiger charge is 2.12. The smallest absolute Gasteiger partial charge is 0.338 e. The van der Waals surface area contributed by atoms with Crippen LogP contribution in [-0.2, 0) is 10.5 Å². The van der Waals surface area contributed by atoms with Gasteiger partial charge in [0.1, 0.15) is 0 Å². The molecule has 0 amide bonds. The summed E-state index contributed by atoms with van der Waals surface area (Å²) in [7, 11) is 0. The van der Waals surface area contributed by atoms with Crippen LogP contribution in [-0.4, -0.2) is 18.4 Å². The molecule has 0 fully saturated rings. The number of benzene rings is 2. The minimum atomic E-state index is -0.494. The van der Waals surface area contributed by atoms with Gasteiger partial charge < -0.3 is 4.74 Å². The number of carbonyl (C=O) groups is 2. The summed E-state index contributed by atoms with van der Waals surface area (Å²) in [5, 5.41) is 2.53. The first-order chi connectivity index (χ1) is 12.6. The van der Waals surface area contributed by atoms with Gasteiger partial charge in [0.25, 0.3) is 0 Å². The number of Topliss-reactive ketones (excluding diaryl/α,β-unsaturated/α-hetero) is 1. The summed E-state index contributed by atoms with van der Waals surface area (Å²) in [6.07, 6.45) is 0. The molecule has 3 nitrogen and oxygen atoms in total. The molecular formula is C20H15ClO3S2. The highest BCUT2D eigenvalue weighted by molar-refractivity contribution is 7.98. The van der Waals surface area contributed by atoms with Crippen molar-refractivity contribution < 1.29 is 14.3 Å². The van der Waals surface area contributed by atoms with Gasteiger partial charge in [-0.15, -0.1) is 23.1 Å². The first-order valence-corrected chi connectivity index (χ1v) is 10.1. The van der Waals surface area contributed by atoms with Crippen LogP contribution in [0.1, 0.15) is 25.6 Å². The predicted octanol–water partition coefficient (Wildman–Crippen LogP) is 5.73. The van der Waals surface area contributed by atoms with Crippen LogP contribution in [0.5, 0.6) is 0 Å². The SMILES string of the molecule is O=C(OCC(=O)c1cccs1)c1ccc(CSc2ccc(Cl)cc2)cc1. The van der Waals surface area contributed by atoms with Crippen LogP contribution in [0.4, 0.5) is 0 Å². The van der Waals surface area contributed by atoms with E-state index >= 15 is 0 Å². The molecule has 1 aromatic heterocycles. The molecule has 3 aromatic rings. The predicted molar refractivity (Wildman–Crippen MR) is 106 cm³/mol. The van der Waals surface area contributed by atoms with E-state index in [1.165, 1.54) is 11.3 Å². The third-order valence-electron chi connectivity index (χ3n) is 3.54. The molecule has 0 bridgehead atoms. The third kappa shape index (κ3) is 5.21. The van der Waals surface area contributed by atoms with Crippen molar-refractivity contribution >= 4 is 46.5 Å². The summed E-state index contributed by atoms with van der Waals surface area (Å²) in [6, 6.07) is 18.4. The van der Waals surface area contributed by atoms with Gasteiger partial charge in [0.2, 0.25) is 5.78 Å². The van der Waals surface area contributed by atoms with Crippen LogP contribution in [0.3, 0.4) is 0 Å². The summed E-state index contributed by atoms with van der Waals surface area (Å²) < 4.78 is 5.09. The topological polar surface area (TPSA) is 43.4 Å². The Morgan fingerprint density at radius 1 is 1.00 bits per heavy atom. The summed E-state index contributed by atoms with van der Waals surface area (Å²) in [4.78, 5) is 25.6. The van der Waals surface area contributed by atoms with E-state index in [4.69, 9.17) is 16.3 Å². The molecular weight excluding hydrogens is 388 g/mol. The number of thioether (sulfide) groups is 1. The highest BCUT2D eigenvalue weighted by Crippen LogP contribution is 2.24. The second-order valence-corrected chi connectivity index (χ2v) is 7.85. The number of ether oxygens (including phenoxy) is 1. The maximum atomic E-state index is 12.1. The molecule has 1 heterocycles. The van der Waals surface area contributed by atoms with E-state index in [-0.39, 0.29) is 12.4 Å². The monoisotopic (exact) mass is 402 g/mol. The van der Waals surface area contributed by atoms with E-state index in [0.29, 0.717) is 10.4 Å². The summed E-state index contributed by atoms with van der Waals surface area (Å²) >= 11 is 8.90. The maximum Gasteiger partial charge on any atom is 0.338 e. The van der Waals surface area contributed by atoms with Crippen molar-refractivity contribution in [2.45, 2.75) is 10.6 Å². The Kier molecular flexibility index (Phi) is 6.50. The first kappa shape index (κ1) is 18.7. The van der Waals surface area contributed by atoms with Gasteiger partial charge in [-0.1, -0.05) is 29.8 Å². The molecule has 0 unspecified atom stereocenters. The lowest BCUT2D eigenvalue weighted by Gasteiger charge is -2.05. The molecule has 26 heavy (non-hydrogen) atoms. The molecule has 0 N–H and O–H groups in total. The molecule has 132 valence electrons. The lowest BCUT2D eigenvalue weighted by atomic mass is 10.1. The van der Waals surface area contributed by atoms with E-state index < -0.39 is 5.97 Å². The van der Waals surface area contributed by atoms with Crippen LogP contribution in [0.2, 0.25) is 5.02 Å². The second-order valence-electron chi connectivity index (χ2n) is 5.42. The lowest BCUT2D eigenvalue weighted by Crippen LogP contribution is -2.13. The second kappa shape index (κ2) is 9.03. The Morgan fingerprint density at radius 2 is 1.73 bits per heavy atom. The number of rotatable bonds is 7. The van der Waals surface area contributed by atoms with Crippen LogP contribution in [0.25, 0.3) is 0 Å². The van der Waals surface area contributed by atoms with Crippen molar-refractivity contribution in [1.82, 2.24) is 0 Å². The Morgan fingerprint density at radius 3 is 2.38 bits per heavy atom. The number of ketones is 1. The van der Waals surface area contributed by atoms with E-state index in [0.717, 1.165) is 21.2 Å². The zero-order valence-electron chi connectivity index (χ0n) is 13.7. The largest absolute Gasteiger partial charge is 0.454 e. The van der Waals surface area contributed by atoms with Gasteiger partial charge in [-0.25, -0.2) is 4.79 Å². The highest BCUT2D eigenvalue weighted by atomic mass is 35.5. The third-order valence-corrected chi connectivity index (χ3v) is 5.79. The van der Waals surface area contributed by atoms with E-state index in [9.17, 15) is 9.59 Å². The molecule has 6 heteroatoms. The van der Waals surface area contributed by atoms with Gasteiger partial charge in [-0.3, -0.25) is 4.79 Å². The van der Waals surface area contributed by atoms with Crippen molar-refractivity contribution in [1.29, 1.82) is 0 Å². The molecule has 0 aliphatic rings. The summed E-state index contributed by atoms with van der Waals surface area (Å²) in [5.74, 6) is 0.101. The molecule has 0 atom stereocenters. The van der Waals surface area contributed by atoms with E-state index in [1.54, 1.807) is 36.0 Å². The van der Waals surface area contributed by atoms with Crippen LogP contribution < -0.4 is 0 Å². The van der Waals surface area contributed by atoms with Crippen molar-refractivity contribution in [2.24, 2.45) is 0 Å².